The Labute approximate surface area is 124 Å². The molecule has 0 atom stereocenters. The molecule has 1 aliphatic rings. The highest BCUT2D eigenvalue weighted by Gasteiger charge is 2.29. The first-order chi connectivity index (χ1) is 9.51. The fraction of sp³-hybridized carbons (Fsp3) is 0.714. The van der Waals surface area contributed by atoms with E-state index in [0.717, 1.165) is 24.6 Å². The number of nitrogens with zero attached hydrogens (tertiary/aromatic N) is 2. The molecule has 1 aromatic heterocycles. The summed E-state index contributed by atoms with van der Waals surface area (Å²) in [6, 6.07) is 0.279. The van der Waals surface area contributed by atoms with Crippen molar-refractivity contribution >= 4 is 28.2 Å². The van der Waals surface area contributed by atoms with Gasteiger partial charge in [0.05, 0.1) is 0 Å². The summed E-state index contributed by atoms with van der Waals surface area (Å²) in [5.74, 6) is 1.07. The summed E-state index contributed by atoms with van der Waals surface area (Å²) in [5.41, 5.74) is 5.91. The molecule has 0 saturated heterocycles. The zero-order valence-corrected chi connectivity index (χ0v) is 13.3. The molecule has 0 radical (unpaired) electrons. The predicted octanol–water partition coefficient (Wildman–Crippen LogP) is 2.81. The summed E-state index contributed by atoms with van der Waals surface area (Å²) in [6.45, 7) is 7.82. The maximum absolute atomic E-state index is 12.6. The van der Waals surface area contributed by atoms with Gasteiger partial charge < -0.3 is 16.0 Å². The molecule has 3 N–H and O–H groups in total. The average molecular weight is 296 g/mol. The minimum absolute atomic E-state index is 0.0329. The molecule has 0 bridgehead atoms. The predicted molar refractivity (Wildman–Crippen MR) is 84.2 cm³/mol. The lowest BCUT2D eigenvalue weighted by Crippen LogP contribution is -2.33. The van der Waals surface area contributed by atoms with Crippen LogP contribution in [-0.4, -0.2) is 34.9 Å². The molecular formula is C14H24N4OS. The first-order valence-electron chi connectivity index (χ1n) is 7.33. The normalized spacial score (nSPS) is 14.6. The maximum Gasteiger partial charge on any atom is 0.267 e. The first kappa shape index (κ1) is 15.1. The van der Waals surface area contributed by atoms with Crippen molar-refractivity contribution in [1.29, 1.82) is 0 Å². The van der Waals surface area contributed by atoms with Crippen LogP contribution in [-0.2, 0) is 0 Å². The molecule has 0 unspecified atom stereocenters. The Hall–Kier alpha value is -1.30. The van der Waals surface area contributed by atoms with Crippen molar-refractivity contribution in [2.45, 2.75) is 46.1 Å². The molecule has 0 spiro atoms. The van der Waals surface area contributed by atoms with Crippen LogP contribution in [0.15, 0.2) is 0 Å². The van der Waals surface area contributed by atoms with Crippen LogP contribution in [0.4, 0.5) is 10.9 Å². The number of nitrogens with two attached hydrogens (primary N) is 1. The first-order valence-corrected chi connectivity index (χ1v) is 8.15. The van der Waals surface area contributed by atoms with E-state index in [1.165, 1.54) is 24.2 Å². The minimum atomic E-state index is 0.0329. The van der Waals surface area contributed by atoms with Crippen molar-refractivity contribution in [3.63, 3.8) is 0 Å². The largest absolute Gasteiger partial charge is 0.382 e. The smallest absolute Gasteiger partial charge is 0.267 e. The molecule has 6 heteroatoms. The van der Waals surface area contributed by atoms with E-state index in [1.807, 2.05) is 18.7 Å². The number of thiazole rings is 1. The summed E-state index contributed by atoms with van der Waals surface area (Å²) in [4.78, 5) is 19.4. The Kier molecular flexibility index (Phi) is 4.86. The van der Waals surface area contributed by atoms with Gasteiger partial charge in [-0.3, -0.25) is 4.79 Å². The van der Waals surface area contributed by atoms with E-state index in [9.17, 15) is 4.79 Å². The maximum atomic E-state index is 12.6. The number of hydrogen-bond acceptors (Lipinski definition) is 5. The van der Waals surface area contributed by atoms with Gasteiger partial charge in [0.1, 0.15) is 10.7 Å². The fourth-order valence-corrected chi connectivity index (χ4v) is 3.09. The molecule has 1 aliphatic carbocycles. The molecular weight excluding hydrogens is 272 g/mol. The van der Waals surface area contributed by atoms with Crippen molar-refractivity contribution in [2.75, 3.05) is 24.1 Å². The number of carbonyl (C=O) groups is 1. The van der Waals surface area contributed by atoms with E-state index in [2.05, 4.69) is 17.2 Å². The molecule has 2 rings (SSSR count). The molecule has 1 fully saturated rings. The zero-order chi connectivity index (χ0) is 14.7. The van der Waals surface area contributed by atoms with Gasteiger partial charge in [-0.15, -0.1) is 0 Å². The van der Waals surface area contributed by atoms with Crippen molar-refractivity contribution in [3.8, 4) is 0 Å². The third kappa shape index (κ3) is 3.85. The lowest BCUT2D eigenvalue weighted by atomic mass is 10.3. The number of anilines is 2. The Balaban J connectivity index is 2.10. The van der Waals surface area contributed by atoms with Gasteiger partial charge >= 0.3 is 0 Å². The SMILES string of the molecule is CCCN(CC1CC1)C(=O)c1sc(NC(C)C)nc1N. The van der Waals surface area contributed by atoms with Crippen LogP contribution in [0.2, 0.25) is 0 Å². The number of hydrogen-bond donors (Lipinski definition) is 2. The Morgan fingerprint density at radius 2 is 2.25 bits per heavy atom. The van der Waals surface area contributed by atoms with Crippen LogP contribution in [0.3, 0.4) is 0 Å². The van der Waals surface area contributed by atoms with Crippen LogP contribution in [0.25, 0.3) is 0 Å². The molecule has 1 amide bonds. The minimum Gasteiger partial charge on any atom is -0.382 e. The van der Waals surface area contributed by atoms with Gasteiger partial charge in [0.25, 0.3) is 5.91 Å². The number of rotatable bonds is 7. The number of nitrogen functional groups attached to an aromatic ring is 1. The molecule has 1 aromatic rings. The van der Waals surface area contributed by atoms with Crippen LogP contribution < -0.4 is 11.1 Å². The second kappa shape index (κ2) is 6.43. The van der Waals surface area contributed by atoms with Gasteiger partial charge in [0.15, 0.2) is 5.13 Å². The summed E-state index contributed by atoms with van der Waals surface area (Å²) in [7, 11) is 0. The van der Waals surface area contributed by atoms with Gasteiger partial charge in [-0.1, -0.05) is 18.3 Å². The van der Waals surface area contributed by atoms with E-state index < -0.39 is 0 Å². The highest BCUT2D eigenvalue weighted by atomic mass is 32.1. The van der Waals surface area contributed by atoms with Crippen LogP contribution in [0.1, 0.15) is 49.7 Å². The van der Waals surface area contributed by atoms with Gasteiger partial charge in [-0.05, 0) is 39.0 Å². The van der Waals surface area contributed by atoms with Crippen molar-refractivity contribution in [2.24, 2.45) is 5.92 Å². The lowest BCUT2D eigenvalue weighted by molar-refractivity contribution is 0.0753. The summed E-state index contributed by atoms with van der Waals surface area (Å²) >= 11 is 1.36. The standard InChI is InChI=1S/C14H24N4OS/c1-4-7-18(8-10-5-6-10)13(19)11-12(15)17-14(20-11)16-9(2)3/h9-10H,4-8,15H2,1-3H3,(H,16,17). The van der Waals surface area contributed by atoms with Crippen molar-refractivity contribution < 1.29 is 4.79 Å². The van der Waals surface area contributed by atoms with Crippen LogP contribution >= 0.6 is 11.3 Å². The number of carbonyl (C=O) groups excluding carboxylic acids is 1. The molecule has 1 saturated carbocycles. The number of amides is 1. The molecule has 20 heavy (non-hydrogen) atoms. The number of nitrogens with one attached hydrogen (secondary N) is 1. The third-order valence-corrected chi connectivity index (χ3v) is 4.21. The second-order valence-corrected chi connectivity index (χ2v) is 6.73. The quantitative estimate of drug-likeness (QED) is 0.811. The Morgan fingerprint density at radius 3 is 2.80 bits per heavy atom. The van der Waals surface area contributed by atoms with Gasteiger partial charge in [0, 0.05) is 19.1 Å². The van der Waals surface area contributed by atoms with Crippen LogP contribution in [0.5, 0.6) is 0 Å². The molecule has 0 aliphatic heterocycles. The van der Waals surface area contributed by atoms with E-state index in [4.69, 9.17) is 5.73 Å². The zero-order valence-electron chi connectivity index (χ0n) is 12.5. The van der Waals surface area contributed by atoms with E-state index >= 15 is 0 Å². The van der Waals surface area contributed by atoms with Gasteiger partial charge in [-0.2, -0.15) is 0 Å². The van der Waals surface area contributed by atoms with Gasteiger partial charge in [0.2, 0.25) is 0 Å². The molecule has 0 aromatic carbocycles. The molecule has 1 heterocycles. The second-order valence-electron chi connectivity index (χ2n) is 5.73. The molecule has 112 valence electrons. The number of aromatic nitrogens is 1. The average Bonchev–Trinajstić information content (AvgIpc) is 3.11. The highest BCUT2D eigenvalue weighted by molar-refractivity contribution is 7.18. The summed E-state index contributed by atoms with van der Waals surface area (Å²) < 4.78 is 0. The van der Waals surface area contributed by atoms with Crippen molar-refractivity contribution in [1.82, 2.24) is 9.88 Å². The summed E-state index contributed by atoms with van der Waals surface area (Å²) in [5, 5.41) is 3.93. The highest BCUT2D eigenvalue weighted by Crippen LogP contribution is 2.32. The van der Waals surface area contributed by atoms with E-state index in [0.29, 0.717) is 16.6 Å². The van der Waals surface area contributed by atoms with E-state index in [-0.39, 0.29) is 11.9 Å². The molecule has 5 nitrogen and oxygen atoms in total. The Bertz CT molecular complexity index is 468. The fourth-order valence-electron chi connectivity index (χ4n) is 2.10. The van der Waals surface area contributed by atoms with Crippen molar-refractivity contribution in [3.05, 3.63) is 4.88 Å². The topological polar surface area (TPSA) is 71.2 Å². The van der Waals surface area contributed by atoms with E-state index in [1.54, 1.807) is 0 Å². The van der Waals surface area contributed by atoms with Gasteiger partial charge in [-0.25, -0.2) is 4.98 Å². The van der Waals surface area contributed by atoms with Crippen LogP contribution in [0, 0.1) is 5.92 Å². The monoisotopic (exact) mass is 296 g/mol. The lowest BCUT2D eigenvalue weighted by Gasteiger charge is -2.21. The third-order valence-electron chi connectivity index (χ3n) is 3.22. The summed E-state index contributed by atoms with van der Waals surface area (Å²) in [6.07, 6.45) is 3.45. The Morgan fingerprint density at radius 1 is 1.55 bits per heavy atom.